The van der Waals surface area contributed by atoms with Crippen LogP contribution in [-0.2, 0) is 0 Å². The zero-order valence-electron chi connectivity index (χ0n) is 9.76. The monoisotopic (exact) mass is 316 g/mol. The maximum atomic E-state index is 11.2. The van der Waals surface area contributed by atoms with Gasteiger partial charge in [0, 0.05) is 22.3 Å². The van der Waals surface area contributed by atoms with E-state index >= 15 is 0 Å². The van der Waals surface area contributed by atoms with Gasteiger partial charge in [-0.1, -0.05) is 34.1 Å². The fraction of sp³-hybridized carbons (Fsp3) is 0. The van der Waals surface area contributed by atoms with Crippen LogP contribution in [0.1, 0.15) is 0 Å². The van der Waals surface area contributed by atoms with Gasteiger partial charge >= 0.3 is 0 Å². The minimum absolute atomic E-state index is 0.102. The standard InChI is InChI=1S/C14H9BrN2O2/c15-10-4-5-13(17(18)19)12(8-10)11-3-1-2-9-6-7-16-14(9)11/h1-8,16H. The van der Waals surface area contributed by atoms with Gasteiger partial charge in [0.05, 0.1) is 16.0 Å². The van der Waals surface area contributed by atoms with Crippen molar-refractivity contribution in [2.75, 3.05) is 0 Å². The van der Waals surface area contributed by atoms with Crippen molar-refractivity contribution in [3.63, 3.8) is 0 Å². The van der Waals surface area contributed by atoms with E-state index in [4.69, 9.17) is 0 Å². The van der Waals surface area contributed by atoms with Crippen LogP contribution < -0.4 is 0 Å². The molecule has 0 saturated carbocycles. The summed E-state index contributed by atoms with van der Waals surface area (Å²) >= 11 is 3.36. The van der Waals surface area contributed by atoms with Gasteiger partial charge in [-0.3, -0.25) is 10.1 Å². The predicted octanol–water partition coefficient (Wildman–Crippen LogP) is 4.51. The Balaban J connectivity index is 2.35. The highest BCUT2D eigenvalue weighted by Gasteiger charge is 2.17. The molecule has 1 heterocycles. The van der Waals surface area contributed by atoms with Crippen molar-refractivity contribution in [2.24, 2.45) is 0 Å². The SMILES string of the molecule is O=[N+]([O-])c1ccc(Br)cc1-c1cccc2cc[nH]c12. The molecule has 0 spiro atoms. The van der Waals surface area contributed by atoms with Gasteiger partial charge in [0.25, 0.3) is 5.69 Å². The maximum Gasteiger partial charge on any atom is 0.277 e. The lowest BCUT2D eigenvalue weighted by molar-refractivity contribution is -0.384. The summed E-state index contributed by atoms with van der Waals surface area (Å²) in [6.07, 6.45) is 1.83. The van der Waals surface area contributed by atoms with Crippen molar-refractivity contribution in [1.29, 1.82) is 0 Å². The highest BCUT2D eigenvalue weighted by atomic mass is 79.9. The van der Waals surface area contributed by atoms with E-state index in [1.54, 1.807) is 12.1 Å². The smallest absolute Gasteiger partial charge is 0.277 e. The van der Waals surface area contributed by atoms with E-state index in [-0.39, 0.29) is 10.6 Å². The number of aromatic nitrogens is 1. The highest BCUT2D eigenvalue weighted by Crippen LogP contribution is 2.35. The summed E-state index contributed by atoms with van der Waals surface area (Å²) < 4.78 is 0.816. The molecular formula is C14H9BrN2O2. The summed E-state index contributed by atoms with van der Waals surface area (Å²) in [5.74, 6) is 0. The summed E-state index contributed by atoms with van der Waals surface area (Å²) in [5, 5.41) is 12.2. The molecule has 2 aromatic carbocycles. The van der Waals surface area contributed by atoms with Gasteiger partial charge in [-0.05, 0) is 23.6 Å². The Bertz CT molecular complexity index is 780. The Morgan fingerprint density at radius 2 is 1.95 bits per heavy atom. The molecule has 0 radical (unpaired) electrons. The molecule has 0 unspecified atom stereocenters. The number of nitro groups is 1. The minimum Gasteiger partial charge on any atom is -0.361 e. The number of rotatable bonds is 2. The van der Waals surface area contributed by atoms with Gasteiger partial charge in [0.15, 0.2) is 0 Å². The fourth-order valence-electron chi connectivity index (χ4n) is 2.19. The molecule has 3 aromatic rings. The average Bonchev–Trinajstić information content (AvgIpc) is 2.86. The van der Waals surface area contributed by atoms with Crippen LogP contribution in [0.5, 0.6) is 0 Å². The summed E-state index contributed by atoms with van der Waals surface area (Å²) in [7, 11) is 0. The van der Waals surface area contributed by atoms with E-state index in [1.165, 1.54) is 6.07 Å². The van der Waals surface area contributed by atoms with Gasteiger partial charge in [0.1, 0.15) is 0 Å². The first-order valence-electron chi connectivity index (χ1n) is 5.67. The van der Waals surface area contributed by atoms with Crippen molar-refractivity contribution >= 4 is 32.5 Å². The molecule has 1 N–H and O–H groups in total. The third-order valence-corrected chi connectivity index (χ3v) is 3.53. The molecule has 0 atom stereocenters. The molecule has 3 rings (SSSR count). The first kappa shape index (κ1) is 11.9. The van der Waals surface area contributed by atoms with Crippen LogP contribution in [-0.4, -0.2) is 9.91 Å². The largest absolute Gasteiger partial charge is 0.361 e. The quantitative estimate of drug-likeness (QED) is 0.558. The number of fused-ring (bicyclic) bond motifs is 1. The van der Waals surface area contributed by atoms with Gasteiger partial charge in [0.2, 0.25) is 0 Å². The van der Waals surface area contributed by atoms with E-state index in [0.717, 1.165) is 20.9 Å². The molecule has 0 amide bonds. The van der Waals surface area contributed by atoms with Crippen molar-refractivity contribution < 1.29 is 4.92 Å². The molecule has 0 bridgehead atoms. The van der Waals surface area contributed by atoms with Crippen LogP contribution in [0.3, 0.4) is 0 Å². The number of hydrogen-bond donors (Lipinski definition) is 1. The number of benzene rings is 2. The van der Waals surface area contributed by atoms with Crippen molar-refractivity contribution in [3.8, 4) is 11.1 Å². The van der Waals surface area contributed by atoms with Crippen molar-refractivity contribution in [1.82, 2.24) is 4.98 Å². The van der Waals surface area contributed by atoms with Crippen LogP contribution in [0.25, 0.3) is 22.0 Å². The lowest BCUT2D eigenvalue weighted by Gasteiger charge is -2.05. The van der Waals surface area contributed by atoms with E-state index in [1.807, 2.05) is 30.5 Å². The second-order valence-corrected chi connectivity index (χ2v) is 5.08. The van der Waals surface area contributed by atoms with Gasteiger partial charge in [-0.2, -0.15) is 0 Å². The lowest BCUT2D eigenvalue weighted by Crippen LogP contribution is -1.92. The summed E-state index contributed by atoms with van der Waals surface area (Å²) in [4.78, 5) is 13.9. The number of H-pyrrole nitrogens is 1. The normalized spacial score (nSPS) is 10.8. The van der Waals surface area contributed by atoms with Gasteiger partial charge < -0.3 is 4.98 Å². The predicted molar refractivity (Wildman–Crippen MR) is 78.1 cm³/mol. The van der Waals surface area contributed by atoms with Crippen LogP contribution in [0.2, 0.25) is 0 Å². The number of nitrogens with zero attached hydrogens (tertiary/aromatic N) is 1. The van der Waals surface area contributed by atoms with Crippen LogP contribution >= 0.6 is 15.9 Å². The molecule has 1 aromatic heterocycles. The van der Waals surface area contributed by atoms with Crippen molar-refractivity contribution in [3.05, 3.63) is 63.2 Å². The minimum atomic E-state index is -0.358. The molecule has 0 saturated heterocycles. The molecule has 4 nitrogen and oxygen atoms in total. The zero-order chi connectivity index (χ0) is 13.4. The van der Waals surface area contributed by atoms with E-state index in [2.05, 4.69) is 20.9 Å². The number of para-hydroxylation sites is 1. The van der Waals surface area contributed by atoms with Crippen LogP contribution in [0, 0.1) is 10.1 Å². The Labute approximate surface area is 117 Å². The molecule has 0 aliphatic carbocycles. The van der Waals surface area contributed by atoms with E-state index < -0.39 is 0 Å². The Hall–Kier alpha value is -2.14. The summed E-state index contributed by atoms with van der Waals surface area (Å²) in [6.45, 7) is 0. The molecule has 0 fully saturated rings. The molecule has 0 aliphatic heterocycles. The lowest BCUT2D eigenvalue weighted by atomic mass is 10.0. The molecule has 0 aliphatic rings. The second kappa shape index (κ2) is 4.51. The third kappa shape index (κ3) is 2.02. The second-order valence-electron chi connectivity index (χ2n) is 4.17. The maximum absolute atomic E-state index is 11.2. The zero-order valence-corrected chi connectivity index (χ0v) is 11.3. The number of halogens is 1. The van der Waals surface area contributed by atoms with Gasteiger partial charge in [-0.15, -0.1) is 0 Å². The average molecular weight is 317 g/mol. The Kier molecular flexibility index (Phi) is 2.83. The Morgan fingerprint density at radius 1 is 1.11 bits per heavy atom. The summed E-state index contributed by atoms with van der Waals surface area (Å²) in [5.41, 5.74) is 2.44. The molecule has 94 valence electrons. The summed E-state index contributed by atoms with van der Waals surface area (Å²) in [6, 6.07) is 12.7. The van der Waals surface area contributed by atoms with Crippen molar-refractivity contribution in [2.45, 2.75) is 0 Å². The van der Waals surface area contributed by atoms with Crippen LogP contribution in [0.4, 0.5) is 5.69 Å². The molecular weight excluding hydrogens is 308 g/mol. The van der Waals surface area contributed by atoms with Gasteiger partial charge in [-0.25, -0.2) is 0 Å². The fourth-order valence-corrected chi connectivity index (χ4v) is 2.55. The number of aromatic amines is 1. The number of nitrogens with one attached hydrogen (secondary N) is 1. The topological polar surface area (TPSA) is 58.9 Å². The number of hydrogen-bond acceptors (Lipinski definition) is 2. The Morgan fingerprint density at radius 3 is 2.74 bits per heavy atom. The first-order valence-corrected chi connectivity index (χ1v) is 6.46. The van der Waals surface area contributed by atoms with E-state index in [9.17, 15) is 10.1 Å². The molecule has 19 heavy (non-hydrogen) atoms. The third-order valence-electron chi connectivity index (χ3n) is 3.03. The first-order chi connectivity index (χ1) is 9.16. The van der Waals surface area contributed by atoms with Crippen LogP contribution in [0.15, 0.2) is 53.1 Å². The van der Waals surface area contributed by atoms with E-state index in [0.29, 0.717) is 5.56 Å². The molecule has 5 heteroatoms. The number of nitro benzene ring substituents is 1. The highest BCUT2D eigenvalue weighted by molar-refractivity contribution is 9.10.